The molecule has 630 valence electrons. The van der Waals surface area contributed by atoms with Crippen LogP contribution in [0.1, 0.15) is 205 Å². The lowest BCUT2D eigenvalue weighted by Gasteiger charge is -2.35. The van der Waals surface area contributed by atoms with Crippen molar-refractivity contribution >= 4 is 104 Å². The molecule has 4 saturated carbocycles. The van der Waals surface area contributed by atoms with Gasteiger partial charge in [0.15, 0.2) is 0 Å². The summed E-state index contributed by atoms with van der Waals surface area (Å²) in [6, 6.07) is 7.18. The molecule has 0 unspecified atom stereocenters. The predicted molar refractivity (Wildman–Crippen MR) is 448 cm³/mol. The number of esters is 1. The summed E-state index contributed by atoms with van der Waals surface area (Å²) in [6.07, 6.45) is 8.88. The van der Waals surface area contributed by atoms with E-state index in [2.05, 4.69) is 34.4 Å². The van der Waals surface area contributed by atoms with Crippen LogP contribution in [0.4, 0.5) is 9.59 Å². The van der Waals surface area contributed by atoms with Crippen LogP contribution in [0.5, 0.6) is 11.5 Å². The molecular weight excluding hydrogens is 1530 g/mol. The number of nitrogens with one attached hydrogen (secondary N) is 4. The fourth-order valence-electron chi connectivity index (χ4n) is 16.3. The molecule has 4 aliphatic carbocycles. The van der Waals surface area contributed by atoms with Crippen LogP contribution in [0.3, 0.4) is 0 Å². The smallest absolute Gasteiger partial charge is 0.408 e. The Balaban J connectivity index is 0.000000230. The van der Waals surface area contributed by atoms with E-state index in [1.165, 1.54) is 45.7 Å². The number of thiazole rings is 2. The van der Waals surface area contributed by atoms with Gasteiger partial charge in [0.1, 0.15) is 104 Å². The van der Waals surface area contributed by atoms with Crippen LogP contribution >= 0.6 is 22.7 Å². The first-order valence-electron chi connectivity index (χ1n) is 40.8. The lowest BCUT2D eigenvalue weighted by Crippen LogP contribution is -2.59. The zero-order valence-electron chi connectivity index (χ0n) is 70.8. The molecule has 6 aromatic rings. The van der Waals surface area contributed by atoms with Crippen molar-refractivity contribution in [1.29, 1.82) is 0 Å². The quantitative estimate of drug-likeness (QED) is 0.0191. The van der Waals surface area contributed by atoms with E-state index in [9.17, 15) is 53.1 Å². The number of carboxylic acid groups (broad SMARTS) is 1. The molecule has 2 aromatic carbocycles. The Morgan fingerprint density at radius 2 is 0.923 bits per heavy atom. The van der Waals surface area contributed by atoms with Crippen molar-refractivity contribution in [2.45, 2.75) is 273 Å². The zero-order valence-corrected chi connectivity index (χ0v) is 72.4. The van der Waals surface area contributed by atoms with Crippen molar-refractivity contribution in [3.63, 3.8) is 0 Å². The van der Waals surface area contributed by atoms with Crippen LogP contribution in [-0.2, 0) is 65.4 Å². The molecule has 0 radical (unpaired) electrons. The number of rotatable bonds is 26. The Morgan fingerprint density at radius 3 is 1.26 bits per heavy atom. The Bertz CT molecular complexity index is 4840. The number of aliphatic carboxylic acids is 1. The number of ether oxygens (including phenoxy) is 5. The van der Waals surface area contributed by atoms with Gasteiger partial charge in [0, 0.05) is 71.2 Å². The second kappa shape index (κ2) is 35.1. The van der Waals surface area contributed by atoms with E-state index < -0.39 is 112 Å². The lowest BCUT2D eigenvalue weighted by atomic mass is 9.85. The van der Waals surface area contributed by atoms with Crippen LogP contribution in [0, 0.1) is 61.2 Å². The Kier molecular flexibility index (Phi) is 26.4. The van der Waals surface area contributed by atoms with Crippen molar-refractivity contribution in [3.8, 4) is 34.3 Å². The van der Waals surface area contributed by atoms with Gasteiger partial charge in [-0.15, -0.1) is 35.8 Å². The van der Waals surface area contributed by atoms with Gasteiger partial charge in [-0.2, -0.15) is 0 Å². The number of hydrogen-bond acceptors (Lipinski definition) is 21. The van der Waals surface area contributed by atoms with Crippen LogP contribution < -0.4 is 30.7 Å². The number of benzene rings is 2. The van der Waals surface area contributed by atoms with Crippen molar-refractivity contribution in [2.75, 3.05) is 20.2 Å². The van der Waals surface area contributed by atoms with E-state index in [-0.39, 0.29) is 85.7 Å². The fourth-order valence-corrected chi connectivity index (χ4v) is 17.9. The standard InChI is InChI=1S/C45H59N5O8S.C44H57N5O8S/c1-11-27-21-45(27,41(54)56-10)49-39(52)34-19-30(23-50(34)40(53)38(44(7,8)9)48-42(55)58-29-14-12-13-15-29)57-35-20-32(47-37-26(3)25(2)16-17-31(35)37)33-24-59-36(46-33)18-28(51)22-43(4,5)6;1-10-26-20-44(26,40(53)54)48-38(51)33-18-29(22-49(33)39(52)37(43(7,8)9)47-41(55)57-28-13-11-12-14-28)56-34-19-31(46-36-25(3)24(2)15-16-30(34)36)32-23-58-35(45-32)17-27(50)21-42(4,5)6/h11,16-17,20,24,27,29-30,34,38H,1,12-15,18-19,21-23H2,2-10H3,(H,48,55)(H,49,52);10,15-16,19,23,26,28-29,33,37H,1,11-14,17-18,20-22H2,2-9H3,(H,47,55)(H,48,51)(H,53,54)/t27-,30-,34+,38-,45-;26-,29-,33+,37-,44-/m11/s1. The molecular formula is C89H116N10O16S2. The van der Waals surface area contributed by atoms with Crippen LogP contribution in [-0.4, -0.2) is 174 Å². The first-order chi connectivity index (χ1) is 54.9. The second-order valence-corrected chi connectivity index (χ2v) is 39.1. The highest BCUT2D eigenvalue weighted by molar-refractivity contribution is 7.10. The average molecular weight is 1650 g/mol. The molecule has 26 nitrogen and oxygen atoms in total. The number of aromatic nitrogens is 4. The summed E-state index contributed by atoms with van der Waals surface area (Å²) in [4.78, 5) is 158. The van der Waals surface area contributed by atoms with Crippen LogP contribution in [0.2, 0.25) is 0 Å². The second-order valence-electron chi connectivity index (χ2n) is 37.3. The van der Waals surface area contributed by atoms with Crippen LogP contribution in [0.15, 0.2) is 72.5 Å². The van der Waals surface area contributed by atoms with Crippen molar-refractivity contribution in [3.05, 3.63) is 105 Å². The number of likely N-dealkylation sites (tertiary alicyclic amines) is 2. The van der Waals surface area contributed by atoms with Gasteiger partial charge in [0.05, 0.1) is 55.5 Å². The van der Waals surface area contributed by atoms with Crippen molar-refractivity contribution in [1.82, 2.24) is 51.0 Å². The van der Waals surface area contributed by atoms with Crippen molar-refractivity contribution in [2.24, 2.45) is 33.5 Å². The number of nitrogens with zero attached hydrogens (tertiary/aromatic N) is 6. The maximum atomic E-state index is 14.7. The Morgan fingerprint density at radius 1 is 0.547 bits per heavy atom. The largest absolute Gasteiger partial charge is 0.488 e. The molecule has 0 bridgehead atoms. The number of alkyl carbamates (subject to hydrolysis) is 2. The summed E-state index contributed by atoms with van der Waals surface area (Å²) in [5.41, 5.74) is 3.11. The number of carbonyl (C=O) groups is 10. The number of methoxy groups -OCH3 is 1. The summed E-state index contributed by atoms with van der Waals surface area (Å²) < 4.78 is 30.0. The fraction of sp³-hybridized carbons (Fsp3) is 0.573. The molecule has 6 heterocycles. The highest BCUT2D eigenvalue weighted by Crippen LogP contribution is 2.48. The molecule has 12 rings (SSSR count). The van der Waals surface area contributed by atoms with Crippen molar-refractivity contribution < 1.29 is 76.7 Å². The highest BCUT2D eigenvalue weighted by atomic mass is 32.1. The molecule has 0 spiro atoms. The molecule has 2 saturated heterocycles. The first-order valence-corrected chi connectivity index (χ1v) is 42.5. The first kappa shape index (κ1) is 88.1. The van der Waals surface area contributed by atoms with Gasteiger partial charge < -0.3 is 59.9 Å². The number of carbonyl (C=O) groups excluding carboxylic acids is 9. The van der Waals surface area contributed by atoms with E-state index in [4.69, 9.17) is 43.6 Å². The molecule has 28 heteroatoms. The average Bonchev–Trinajstić information content (AvgIpc) is 1.61. The number of pyridine rings is 2. The molecule has 117 heavy (non-hydrogen) atoms. The minimum Gasteiger partial charge on any atom is -0.488 e. The van der Waals surface area contributed by atoms with E-state index in [0.29, 0.717) is 69.1 Å². The van der Waals surface area contributed by atoms with Gasteiger partial charge >= 0.3 is 24.1 Å². The van der Waals surface area contributed by atoms with Gasteiger partial charge in [-0.25, -0.2) is 39.1 Å². The van der Waals surface area contributed by atoms with E-state index in [1.807, 2.05) is 152 Å². The summed E-state index contributed by atoms with van der Waals surface area (Å²) in [5, 5.41) is 28.0. The molecule has 6 amide bonds. The summed E-state index contributed by atoms with van der Waals surface area (Å²) in [7, 11) is 1.27. The molecule has 4 aromatic heterocycles. The zero-order chi connectivity index (χ0) is 85.3. The van der Waals surface area contributed by atoms with E-state index in [1.54, 1.807) is 12.1 Å². The van der Waals surface area contributed by atoms with Gasteiger partial charge in [-0.3, -0.25) is 28.8 Å². The van der Waals surface area contributed by atoms with Gasteiger partial charge in [-0.05, 0) is 148 Å². The summed E-state index contributed by atoms with van der Waals surface area (Å²) in [5.74, 6) is -3.51. The third-order valence-corrected chi connectivity index (χ3v) is 24.8. The molecule has 5 N–H and O–H groups in total. The number of amides is 6. The number of hydrogen-bond donors (Lipinski definition) is 5. The molecule has 10 atom stereocenters. The maximum Gasteiger partial charge on any atom is 0.408 e. The Labute approximate surface area is 693 Å². The SMILES string of the molecule is C=C[C@@H]1C[C@]1(NC(=O)[C@@H]1C[C@@H](Oc2cc(-c3csc(CC(=O)CC(C)(C)C)n3)nc3c(C)c(C)ccc23)CN1C(=O)[C@@H](NC(=O)OC1CCCC1)C(C)(C)C)C(=O)O.C=C[C@@H]1C[C@]1(NC(=O)[C@@H]1C[C@@H](Oc2cc(-c3csc(CC(=O)CC(C)(C)C)n3)nc3c(C)c(C)ccc23)CN1C(=O)[C@@H](NC(=O)OC1CCCC1)C(C)(C)C)C(=O)OC. The number of fused-ring (bicyclic) bond motifs is 2. The number of aryl methyl sites for hydroxylation is 4. The minimum atomic E-state index is -1.52. The molecule has 6 fully saturated rings. The Hall–Kier alpha value is -9.70. The van der Waals surface area contributed by atoms with Gasteiger partial charge in [0.2, 0.25) is 23.6 Å². The van der Waals surface area contributed by atoms with E-state index in [0.717, 1.165) is 89.9 Å². The van der Waals surface area contributed by atoms with E-state index >= 15 is 0 Å². The predicted octanol–water partition coefficient (Wildman–Crippen LogP) is 14.3. The number of Topliss-reactive ketones (excluding diaryl/α,β-unsaturated/α-hetero) is 2. The van der Waals surface area contributed by atoms with Crippen LogP contribution in [0.25, 0.3) is 44.6 Å². The highest BCUT2D eigenvalue weighted by Gasteiger charge is 2.63. The lowest BCUT2D eigenvalue weighted by molar-refractivity contribution is -0.148. The number of carboxylic acids is 1. The molecule has 2 aliphatic heterocycles. The normalized spacial score (nSPS) is 22.6. The minimum absolute atomic E-state index is 0.0136. The third-order valence-electron chi connectivity index (χ3n) is 23.1. The maximum absolute atomic E-state index is 14.7. The summed E-state index contributed by atoms with van der Waals surface area (Å²) in [6.45, 7) is 38.7. The van der Waals surface area contributed by atoms with Gasteiger partial charge in [0.25, 0.3) is 0 Å². The van der Waals surface area contributed by atoms with Gasteiger partial charge in [-0.1, -0.05) is 107 Å². The topological polar surface area (TPSA) is 343 Å². The summed E-state index contributed by atoms with van der Waals surface area (Å²) >= 11 is 2.81. The third kappa shape index (κ3) is 20.7. The molecule has 6 aliphatic rings. The monoisotopic (exact) mass is 1640 g/mol. The number of ketones is 2.